The lowest BCUT2D eigenvalue weighted by Gasteiger charge is -2.23. The molecule has 0 aliphatic carbocycles. The Labute approximate surface area is 120 Å². The molecule has 2 heterocycles. The van der Waals surface area contributed by atoms with Gasteiger partial charge in [-0.1, -0.05) is 13.3 Å². The Kier molecular flexibility index (Phi) is 4.52. The largest absolute Gasteiger partial charge is 0.394 e. The summed E-state index contributed by atoms with van der Waals surface area (Å²) in [6.45, 7) is 4.23. The lowest BCUT2D eigenvalue weighted by atomic mass is 10.2. The van der Waals surface area contributed by atoms with Crippen molar-refractivity contribution in [3.8, 4) is 0 Å². The van der Waals surface area contributed by atoms with E-state index in [2.05, 4.69) is 12.0 Å². The number of anilines is 2. The molecule has 0 bridgehead atoms. The van der Waals surface area contributed by atoms with Gasteiger partial charge >= 0.3 is 0 Å². The van der Waals surface area contributed by atoms with Crippen LogP contribution in [0.25, 0.3) is 0 Å². The number of aryl methyl sites for hydroxylation is 2. The number of carbonyl (C=O) groups excluding carboxylic acids is 1. The van der Waals surface area contributed by atoms with Gasteiger partial charge in [0.15, 0.2) is 5.82 Å². The zero-order valence-corrected chi connectivity index (χ0v) is 12.7. The first kappa shape index (κ1) is 14.7. The quantitative estimate of drug-likeness (QED) is 0.873. The van der Waals surface area contributed by atoms with Gasteiger partial charge in [-0.25, -0.2) is 0 Å². The molecule has 1 aliphatic rings. The first-order valence-corrected chi connectivity index (χ1v) is 7.34. The molecule has 2 rings (SSSR count). The highest BCUT2D eigenvalue weighted by molar-refractivity contribution is 5.82. The molecule has 0 spiro atoms. The standard InChI is InChI=1S/C14H25N5O/c1-4-7-11-13(15)14(18(3)16-11)17(2)10-12(20)19-8-5-6-9-19/h4-10,15H2,1-3H3. The summed E-state index contributed by atoms with van der Waals surface area (Å²) in [5.74, 6) is 1.00. The Balaban J connectivity index is 2.08. The van der Waals surface area contributed by atoms with Gasteiger partial charge in [0.2, 0.25) is 5.91 Å². The van der Waals surface area contributed by atoms with Gasteiger partial charge in [0.1, 0.15) is 0 Å². The van der Waals surface area contributed by atoms with E-state index in [-0.39, 0.29) is 5.91 Å². The van der Waals surface area contributed by atoms with Crippen molar-refractivity contribution in [1.82, 2.24) is 14.7 Å². The molecular weight excluding hydrogens is 254 g/mol. The monoisotopic (exact) mass is 279 g/mol. The molecule has 0 unspecified atom stereocenters. The van der Waals surface area contributed by atoms with Gasteiger partial charge in [-0.15, -0.1) is 0 Å². The number of likely N-dealkylation sites (tertiary alicyclic amines) is 1. The lowest BCUT2D eigenvalue weighted by Crippen LogP contribution is -2.38. The summed E-state index contributed by atoms with van der Waals surface area (Å²) < 4.78 is 1.78. The lowest BCUT2D eigenvalue weighted by molar-refractivity contribution is -0.128. The SMILES string of the molecule is CCCc1nn(C)c(N(C)CC(=O)N2CCCC2)c1N. The average molecular weight is 279 g/mol. The zero-order valence-electron chi connectivity index (χ0n) is 12.7. The molecule has 0 radical (unpaired) electrons. The fraction of sp³-hybridized carbons (Fsp3) is 0.714. The molecule has 0 aromatic carbocycles. The van der Waals surface area contributed by atoms with Crippen LogP contribution in [0, 0.1) is 0 Å². The average Bonchev–Trinajstić information content (AvgIpc) is 2.99. The summed E-state index contributed by atoms with van der Waals surface area (Å²) in [7, 11) is 3.78. The third kappa shape index (κ3) is 2.89. The van der Waals surface area contributed by atoms with E-state index in [0.29, 0.717) is 12.2 Å². The number of rotatable bonds is 5. The Bertz CT molecular complexity index is 476. The summed E-state index contributed by atoms with van der Waals surface area (Å²) in [5.41, 5.74) is 7.79. The van der Waals surface area contributed by atoms with Crippen molar-refractivity contribution >= 4 is 17.4 Å². The smallest absolute Gasteiger partial charge is 0.242 e. The van der Waals surface area contributed by atoms with Gasteiger partial charge in [-0.3, -0.25) is 9.48 Å². The van der Waals surface area contributed by atoms with Crippen LogP contribution in [0.5, 0.6) is 0 Å². The van der Waals surface area contributed by atoms with Gasteiger partial charge < -0.3 is 15.5 Å². The second kappa shape index (κ2) is 6.15. The van der Waals surface area contributed by atoms with Crippen LogP contribution in [0.4, 0.5) is 11.5 Å². The van der Waals surface area contributed by atoms with Crippen molar-refractivity contribution in [3.05, 3.63) is 5.69 Å². The fourth-order valence-electron chi connectivity index (χ4n) is 2.80. The summed E-state index contributed by atoms with van der Waals surface area (Å²) >= 11 is 0. The normalized spacial score (nSPS) is 14.8. The Hall–Kier alpha value is -1.72. The topological polar surface area (TPSA) is 67.4 Å². The van der Waals surface area contributed by atoms with E-state index < -0.39 is 0 Å². The number of likely N-dealkylation sites (N-methyl/N-ethyl adjacent to an activating group) is 1. The van der Waals surface area contributed by atoms with Crippen molar-refractivity contribution in [3.63, 3.8) is 0 Å². The van der Waals surface area contributed by atoms with Gasteiger partial charge in [0.05, 0.1) is 17.9 Å². The fourth-order valence-corrected chi connectivity index (χ4v) is 2.80. The van der Waals surface area contributed by atoms with Crippen molar-refractivity contribution < 1.29 is 4.79 Å². The van der Waals surface area contributed by atoms with Crippen molar-refractivity contribution in [2.75, 3.05) is 37.3 Å². The molecule has 1 aromatic rings. The predicted octanol–water partition coefficient (Wildman–Crippen LogP) is 1.01. The van der Waals surface area contributed by atoms with Crippen molar-refractivity contribution in [2.45, 2.75) is 32.6 Å². The number of nitrogens with two attached hydrogens (primary N) is 1. The van der Waals surface area contributed by atoms with Crippen molar-refractivity contribution in [2.24, 2.45) is 7.05 Å². The van der Waals surface area contributed by atoms with Crippen LogP contribution in [-0.4, -0.2) is 47.3 Å². The van der Waals surface area contributed by atoms with Crippen LogP contribution >= 0.6 is 0 Å². The van der Waals surface area contributed by atoms with Crippen LogP contribution in [0.15, 0.2) is 0 Å². The number of nitrogen functional groups attached to an aromatic ring is 1. The summed E-state index contributed by atoms with van der Waals surface area (Å²) in [6, 6.07) is 0. The second-order valence-corrected chi connectivity index (χ2v) is 5.50. The number of aromatic nitrogens is 2. The van der Waals surface area contributed by atoms with Gasteiger partial charge in [-0.2, -0.15) is 5.10 Å². The van der Waals surface area contributed by atoms with Crippen LogP contribution in [0.3, 0.4) is 0 Å². The molecule has 1 amide bonds. The maximum absolute atomic E-state index is 12.2. The maximum Gasteiger partial charge on any atom is 0.242 e. The maximum atomic E-state index is 12.2. The molecule has 1 aromatic heterocycles. The summed E-state index contributed by atoms with van der Waals surface area (Å²) in [6.07, 6.45) is 4.11. The van der Waals surface area contributed by atoms with E-state index in [4.69, 9.17) is 5.73 Å². The molecule has 1 saturated heterocycles. The predicted molar refractivity (Wildman–Crippen MR) is 80.7 cm³/mol. The highest BCUT2D eigenvalue weighted by atomic mass is 16.2. The number of carbonyl (C=O) groups is 1. The van der Waals surface area contributed by atoms with Crippen LogP contribution in [0.1, 0.15) is 31.9 Å². The van der Waals surface area contributed by atoms with E-state index in [9.17, 15) is 4.79 Å². The van der Waals surface area contributed by atoms with E-state index >= 15 is 0 Å². The molecule has 6 nitrogen and oxygen atoms in total. The molecule has 20 heavy (non-hydrogen) atoms. The number of hydrogen-bond acceptors (Lipinski definition) is 4. The van der Waals surface area contributed by atoms with Gasteiger partial charge in [-0.05, 0) is 19.3 Å². The van der Waals surface area contributed by atoms with Crippen LogP contribution < -0.4 is 10.6 Å². The molecular formula is C14H25N5O. The minimum Gasteiger partial charge on any atom is -0.394 e. The third-order valence-electron chi connectivity index (χ3n) is 3.81. The van der Waals surface area contributed by atoms with Gasteiger partial charge in [0.25, 0.3) is 0 Å². The van der Waals surface area contributed by atoms with Crippen molar-refractivity contribution in [1.29, 1.82) is 0 Å². The third-order valence-corrected chi connectivity index (χ3v) is 3.81. The summed E-state index contributed by atoms with van der Waals surface area (Å²) in [5, 5.41) is 4.45. The van der Waals surface area contributed by atoms with Crippen LogP contribution in [0.2, 0.25) is 0 Å². The Morgan fingerprint density at radius 1 is 1.40 bits per heavy atom. The number of nitrogens with zero attached hydrogens (tertiary/aromatic N) is 4. The highest BCUT2D eigenvalue weighted by Crippen LogP contribution is 2.26. The van der Waals surface area contributed by atoms with E-state index in [0.717, 1.165) is 50.3 Å². The Morgan fingerprint density at radius 2 is 2.05 bits per heavy atom. The van der Waals surface area contributed by atoms with E-state index in [1.807, 2.05) is 23.9 Å². The van der Waals surface area contributed by atoms with Crippen LogP contribution in [-0.2, 0) is 18.3 Å². The molecule has 6 heteroatoms. The minimum atomic E-state index is 0.169. The highest BCUT2D eigenvalue weighted by Gasteiger charge is 2.22. The second-order valence-electron chi connectivity index (χ2n) is 5.50. The number of amides is 1. The van der Waals surface area contributed by atoms with Gasteiger partial charge in [0, 0.05) is 27.2 Å². The molecule has 112 valence electrons. The molecule has 1 fully saturated rings. The molecule has 0 atom stereocenters. The minimum absolute atomic E-state index is 0.169. The zero-order chi connectivity index (χ0) is 14.7. The summed E-state index contributed by atoms with van der Waals surface area (Å²) in [4.78, 5) is 16.0. The first-order valence-electron chi connectivity index (χ1n) is 7.34. The first-order chi connectivity index (χ1) is 9.54. The molecule has 1 aliphatic heterocycles. The Morgan fingerprint density at radius 3 is 2.65 bits per heavy atom. The number of hydrogen-bond donors (Lipinski definition) is 1. The van der Waals surface area contributed by atoms with E-state index in [1.165, 1.54) is 0 Å². The molecule has 0 saturated carbocycles. The molecule has 2 N–H and O–H groups in total. The van der Waals surface area contributed by atoms with E-state index in [1.54, 1.807) is 4.68 Å².